The molecule has 0 aliphatic carbocycles. The summed E-state index contributed by atoms with van der Waals surface area (Å²) in [6.07, 6.45) is 2.14. The van der Waals surface area contributed by atoms with Gasteiger partial charge in [0.15, 0.2) is 0 Å². The lowest BCUT2D eigenvalue weighted by molar-refractivity contribution is 0.173. The highest BCUT2D eigenvalue weighted by molar-refractivity contribution is 5.43. The van der Waals surface area contributed by atoms with Crippen LogP contribution in [0.1, 0.15) is 50.2 Å². The van der Waals surface area contributed by atoms with Gasteiger partial charge in [0, 0.05) is 11.3 Å². The molecule has 1 N–H and O–H groups in total. The van der Waals surface area contributed by atoms with Gasteiger partial charge in [0.1, 0.15) is 0 Å². The van der Waals surface area contributed by atoms with Crippen molar-refractivity contribution in [1.82, 2.24) is 9.78 Å². The number of aryl methyl sites for hydroxylation is 2. The van der Waals surface area contributed by atoms with E-state index in [0.29, 0.717) is 6.42 Å². The van der Waals surface area contributed by atoms with Gasteiger partial charge in [-0.3, -0.25) is 0 Å². The molecule has 0 radical (unpaired) electrons. The number of nitrogens with zero attached hydrogens (tertiary/aromatic N) is 2. The van der Waals surface area contributed by atoms with Crippen molar-refractivity contribution in [2.24, 2.45) is 0 Å². The van der Waals surface area contributed by atoms with Gasteiger partial charge in [0.25, 0.3) is 0 Å². The highest BCUT2D eigenvalue weighted by Crippen LogP contribution is 2.25. The maximum Gasteiger partial charge on any atom is 0.0808 e. The molecule has 2 aromatic rings. The molecule has 0 bridgehead atoms. The van der Waals surface area contributed by atoms with Crippen molar-refractivity contribution in [3.05, 3.63) is 47.3 Å². The van der Waals surface area contributed by atoms with Gasteiger partial charge in [-0.25, -0.2) is 4.68 Å². The molecule has 0 unspecified atom stereocenters. The SMILES string of the molecule is CCc1cc(CC)n(-c2ccccc2[C@@H](O)CC)n1. The Bertz CT molecular complexity index is 545. The van der Waals surface area contributed by atoms with E-state index in [1.807, 2.05) is 35.9 Å². The van der Waals surface area contributed by atoms with Crippen LogP contribution in [0, 0.1) is 0 Å². The van der Waals surface area contributed by atoms with Gasteiger partial charge in [-0.1, -0.05) is 39.0 Å². The van der Waals surface area contributed by atoms with Crippen LogP contribution < -0.4 is 0 Å². The smallest absolute Gasteiger partial charge is 0.0808 e. The quantitative estimate of drug-likeness (QED) is 0.892. The molecule has 102 valence electrons. The lowest BCUT2D eigenvalue weighted by atomic mass is 10.0. The first-order chi connectivity index (χ1) is 9.21. The van der Waals surface area contributed by atoms with Gasteiger partial charge in [-0.05, 0) is 31.4 Å². The summed E-state index contributed by atoms with van der Waals surface area (Å²) in [5, 5.41) is 14.8. The standard InChI is InChI=1S/C16H22N2O/c1-4-12-11-13(5-2)18(17-12)15-10-8-7-9-14(15)16(19)6-3/h7-11,16,19H,4-6H2,1-3H3/t16-/m0/s1. The zero-order valence-corrected chi connectivity index (χ0v) is 11.9. The first-order valence-electron chi connectivity index (χ1n) is 7.06. The average Bonchev–Trinajstić information content (AvgIpc) is 2.89. The van der Waals surface area contributed by atoms with Crippen LogP contribution in [0.25, 0.3) is 5.69 Å². The predicted octanol–water partition coefficient (Wildman–Crippen LogP) is 3.44. The molecule has 0 aliphatic rings. The first kappa shape index (κ1) is 13.8. The summed E-state index contributed by atoms with van der Waals surface area (Å²) in [6.45, 7) is 6.23. The summed E-state index contributed by atoms with van der Waals surface area (Å²) < 4.78 is 1.98. The molecule has 0 saturated heterocycles. The lowest BCUT2D eigenvalue weighted by Crippen LogP contribution is -2.08. The zero-order chi connectivity index (χ0) is 13.8. The third kappa shape index (κ3) is 2.71. The van der Waals surface area contributed by atoms with Gasteiger partial charge < -0.3 is 5.11 Å². The van der Waals surface area contributed by atoms with E-state index in [1.165, 1.54) is 5.69 Å². The van der Waals surface area contributed by atoms with Crippen molar-refractivity contribution < 1.29 is 5.11 Å². The molecule has 2 rings (SSSR count). The molecule has 1 aromatic heterocycles. The van der Waals surface area contributed by atoms with Gasteiger partial charge in [-0.2, -0.15) is 5.10 Å². The molecule has 3 heteroatoms. The van der Waals surface area contributed by atoms with Crippen molar-refractivity contribution in [2.75, 3.05) is 0 Å². The van der Waals surface area contributed by atoms with Crippen molar-refractivity contribution in [3.63, 3.8) is 0 Å². The first-order valence-corrected chi connectivity index (χ1v) is 7.06. The largest absolute Gasteiger partial charge is 0.388 e. The zero-order valence-electron chi connectivity index (χ0n) is 11.9. The van der Waals surface area contributed by atoms with Crippen LogP contribution in [-0.4, -0.2) is 14.9 Å². The van der Waals surface area contributed by atoms with E-state index in [-0.39, 0.29) is 0 Å². The van der Waals surface area contributed by atoms with E-state index in [2.05, 4.69) is 25.0 Å². The van der Waals surface area contributed by atoms with E-state index in [1.54, 1.807) is 0 Å². The fourth-order valence-electron chi connectivity index (χ4n) is 2.29. The van der Waals surface area contributed by atoms with Crippen LogP contribution in [0.5, 0.6) is 0 Å². The van der Waals surface area contributed by atoms with Gasteiger partial charge in [-0.15, -0.1) is 0 Å². The molecule has 0 spiro atoms. The molecule has 0 amide bonds. The predicted molar refractivity (Wildman–Crippen MR) is 77.6 cm³/mol. The Hall–Kier alpha value is -1.61. The Balaban J connectivity index is 2.55. The summed E-state index contributed by atoms with van der Waals surface area (Å²) in [4.78, 5) is 0. The average molecular weight is 258 g/mol. The van der Waals surface area contributed by atoms with Crippen LogP contribution >= 0.6 is 0 Å². The Morgan fingerprint density at radius 2 is 1.89 bits per heavy atom. The minimum atomic E-state index is -0.435. The fourth-order valence-corrected chi connectivity index (χ4v) is 2.29. The highest BCUT2D eigenvalue weighted by Gasteiger charge is 2.14. The molecule has 1 heterocycles. The topological polar surface area (TPSA) is 38.0 Å². The van der Waals surface area contributed by atoms with E-state index in [4.69, 9.17) is 0 Å². The molecule has 1 aromatic carbocycles. The molecule has 0 fully saturated rings. The van der Waals surface area contributed by atoms with Crippen molar-refractivity contribution in [2.45, 2.75) is 46.1 Å². The van der Waals surface area contributed by atoms with Gasteiger partial charge >= 0.3 is 0 Å². The number of aliphatic hydroxyl groups is 1. The van der Waals surface area contributed by atoms with Crippen LogP contribution in [0.2, 0.25) is 0 Å². The molecular weight excluding hydrogens is 236 g/mol. The minimum Gasteiger partial charge on any atom is -0.388 e. The number of hydrogen-bond donors (Lipinski definition) is 1. The number of para-hydroxylation sites is 1. The molecule has 0 saturated carbocycles. The normalized spacial score (nSPS) is 12.6. The highest BCUT2D eigenvalue weighted by atomic mass is 16.3. The molecule has 1 atom stereocenters. The Morgan fingerprint density at radius 3 is 2.53 bits per heavy atom. The van der Waals surface area contributed by atoms with Crippen LogP contribution in [0.15, 0.2) is 30.3 Å². The van der Waals surface area contributed by atoms with Crippen LogP contribution in [0.4, 0.5) is 0 Å². The number of rotatable bonds is 5. The molecule has 19 heavy (non-hydrogen) atoms. The monoisotopic (exact) mass is 258 g/mol. The van der Waals surface area contributed by atoms with Crippen molar-refractivity contribution >= 4 is 0 Å². The number of benzene rings is 1. The summed E-state index contributed by atoms with van der Waals surface area (Å²) in [6, 6.07) is 10.1. The summed E-state index contributed by atoms with van der Waals surface area (Å²) in [5.41, 5.74) is 4.23. The van der Waals surface area contributed by atoms with Crippen LogP contribution in [-0.2, 0) is 12.8 Å². The van der Waals surface area contributed by atoms with E-state index in [9.17, 15) is 5.11 Å². The van der Waals surface area contributed by atoms with E-state index < -0.39 is 6.10 Å². The Morgan fingerprint density at radius 1 is 1.16 bits per heavy atom. The van der Waals surface area contributed by atoms with Gasteiger partial charge in [0.2, 0.25) is 0 Å². The second-order valence-corrected chi connectivity index (χ2v) is 4.73. The minimum absolute atomic E-state index is 0.435. The number of aromatic nitrogens is 2. The van der Waals surface area contributed by atoms with Crippen LogP contribution in [0.3, 0.4) is 0 Å². The second kappa shape index (κ2) is 6.02. The molecule has 0 aliphatic heterocycles. The Kier molecular flexibility index (Phi) is 4.38. The number of hydrogen-bond acceptors (Lipinski definition) is 2. The maximum absolute atomic E-state index is 10.2. The third-order valence-electron chi connectivity index (χ3n) is 3.47. The van der Waals surface area contributed by atoms with E-state index in [0.717, 1.165) is 29.8 Å². The molecular formula is C16H22N2O. The number of aliphatic hydroxyl groups excluding tert-OH is 1. The third-order valence-corrected chi connectivity index (χ3v) is 3.47. The van der Waals surface area contributed by atoms with Gasteiger partial charge in [0.05, 0.1) is 17.5 Å². The maximum atomic E-state index is 10.2. The second-order valence-electron chi connectivity index (χ2n) is 4.73. The molecule has 3 nitrogen and oxygen atoms in total. The van der Waals surface area contributed by atoms with Crippen molar-refractivity contribution in [1.29, 1.82) is 0 Å². The van der Waals surface area contributed by atoms with Crippen molar-refractivity contribution in [3.8, 4) is 5.69 Å². The Labute approximate surface area is 114 Å². The summed E-state index contributed by atoms with van der Waals surface area (Å²) in [7, 11) is 0. The summed E-state index contributed by atoms with van der Waals surface area (Å²) >= 11 is 0. The lowest BCUT2D eigenvalue weighted by Gasteiger charge is -2.15. The van der Waals surface area contributed by atoms with E-state index >= 15 is 0 Å². The fraction of sp³-hybridized carbons (Fsp3) is 0.438. The summed E-state index contributed by atoms with van der Waals surface area (Å²) in [5.74, 6) is 0.